The van der Waals surface area contributed by atoms with Crippen LogP contribution in [-0.2, 0) is 5.60 Å². The molecule has 1 fully saturated rings. The highest BCUT2D eigenvalue weighted by Crippen LogP contribution is 2.30. The second-order valence-corrected chi connectivity index (χ2v) is 6.46. The van der Waals surface area contributed by atoms with Gasteiger partial charge in [-0.2, -0.15) is 0 Å². The van der Waals surface area contributed by atoms with E-state index in [4.69, 9.17) is 4.42 Å². The minimum absolute atomic E-state index is 0. The number of furan rings is 1. The summed E-state index contributed by atoms with van der Waals surface area (Å²) in [5.74, 6) is 2.07. The summed E-state index contributed by atoms with van der Waals surface area (Å²) >= 11 is 0. The highest BCUT2D eigenvalue weighted by Gasteiger charge is 2.34. The first-order valence-electron chi connectivity index (χ1n) is 7.72. The number of nitrogens with zero attached hydrogens (tertiary/aromatic N) is 1. The average Bonchev–Trinajstić information content (AvgIpc) is 2.76. The molecule has 1 aromatic heterocycles. The van der Waals surface area contributed by atoms with Gasteiger partial charge in [0.1, 0.15) is 17.1 Å². The molecule has 0 radical (unpaired) electrons. The molecule has 7 heteroatoms. The van der Waals surface area contributed by atoms with Gasteiger partial charge in [0.15, 0.2) is 5.96 Å². The molecule has 0 aromatic carbocycles. The molecule has 1 aliphatic rings. The Morgan fingerprint density at radius 3 is 2.48 bits per heavy atom. The van der Waals surface area contributed by atoms with E-state index in [0.29, 0.717) is 19.0 Å². The number of aliphatic imine (C=N–C) groups is 1. The van der Waals surface area contributed by atoms with Crippen LogP contribution in [-0.4, -0.2) is 41.9 Å². The Balaban J connectivity index is 0.00000264. The molecule has 1 heterocycles. The SMILES string of the molecule is CN=C(NCC1(O)CCC1)NCC(C)(O)c1cc(C)oc1C.I. The zero-order valence-corrected chi connectivity index (χ0v) is 16.6. The largest absolute Gasteiger partial charge is 0.466 e. The summed E-state index contributed by atoms with van der Waals surface area (Å²) in [6.45, 7) is 6.21. The number of guanidine groups is 1. The maximum Gasteiger partial charge on any atom is 0.191 e. The summed E-state index contributed by atoms with van der Waals surface area (Å²) in [4.78, 5) is 4.12. The second-order valence-electron chi connectivity index (χ2n) is 6.46. The fourth-order valence-corrected chi connectivity index (χ4v) is 2.75. The van der Waals surface area contributed by atoms with Crippen molar-refractivity contribution in [1.82, 2.24) is 10.6 Å². The van der Waals surface area contributed by atoms with Gasteiger partial charge in [-0.3, -0.25) is 4.99 Å². The number of aliphatic hydroxyl groups is 2. The molecule has 0 aliphatic heterocycles. The summed E-state index contributed by atoms with van der Waals surface area (Å²) in [5, 5.41) is 27.0. The van der Waals surface area contributed by atoms with Gasteiger partial charge in [-0.25, -0.2) is 0 Å². The average molecular weight is 437 g/mol. The molecule has 4 N–H and O–H groups in total. The van der Waals surface area contributed by atoms with Crippen molar-refractivity contribution in [3.63, 3.8) is 0 Å². The van der Waals surface area contributed by atoms with Crippen molar-refractivity contribution in [2.75, 3.05) is 20.1 Å². The highest BCUT2D eigenvalue weighted by atomic mass is 127. The summed E-state index contributed by atoms with van der Waals surface area (Å²) in [6.07, 6.45) is 2.71. The lowest BCUT2D eigenvalue weighted by Gasteiger charge is -2.37. The van der Waals surface area contributed by atoms with Crippen molar-refractivity contribution in [3.8, 4) is 0 Å². The van der Waals surface area contributed by atoms with Gasteiger partial charge in [-0.05, 0) is 46.1 Å². The zero-order chi connectivity index (χ0) is 16.4. The van der Waals surface area contributed by atoms with E-state index >= 15 is 0 Å². The minimum Gasteiger partial charge on any atom is -0.466 e. The van der Waals surface area contributed by atoms with Crippen molar-refractivity contribution in [3.05, 3.63) is 23.2 Å². The Morgan fingerprint density at radius 2 is 2.04 bits per heavy atom. The van der Waals surface area contributed by atoms with Crippen LogP contribution in [0.2, 0.25) is 0 Å². The van der Waals surface area contributed by atoms with Crippen LogP contribution in [0.4, 0.5) is 0 Å². The molecule has 1 atom stereocenters. The third kappa shape index (κ3) is 5.09. The molecule has 1 aliphatic carbocycles. The van der Waals surface area contributed by atoms with Gasteiger partial charge >= 0.3 is 0 Å². The molecule has 2 rings (SSSR count). The third-order valence-corrected chi connectivity index (χ3v) is 4.31. The molecule has 0 bridgehead atoms. The second kappa shape index (κ2) is 7.85. The van der Waals surface area contributed by atoms with Crippen LogP contribution in [0.3, 0.4) is 0 Å². The van der Waals surface area contributed by atoms with Gasteiger partial charge in [0.2, 0.25) is 0 Å². The van der Waals surface area contributed by atoms with Crippen LogP contribution in [0, 0.1) is 13.8 Å². The van der Waals surface area contributed by atoms with Crippen LogP contribution >= 0.6 is 24.0 Å². The summed E-state index contributed by atoms with van der Waals surface area (Å²) in [6, 6.07) is 1.85. The third-order valence-electron chi connectivity index (χ3n) is 4.31. The van der Waals surface area contributed by atoms with E-state index < -0.39 is 11.2 Å². The first-order valence-corrected chi connectivity index (χ1v) is 7.72. The number of rotatable bonds is 5. The minimum atomic E-state index is -1.06. The molecule has 23 heavy (non-hydrogen) atoms. The van der Waals surface area contributed by atoms with Gasteiger partial charge in [-0.15, -0.1) is 24.0 Å². The number of hydrogen-bond acceptors (Lipinski definition) is 4. The van der Waals surface area contributed by atoms with Crippen molar-refractivity contribution >= 4 is 29.9 Å². The summed E-state index contributed by atoms with van der Waals surface area (Å²) < 4.78 is 5.48. The molecular weight excluding hydrogens is 409 g/mol. The van der Waals surface area contributed by atoms with Crippen LogP contribution in [0.1, 0.15) is 43.3 Å². The van der Waals surface area contributed by atoms with E-state index in [0.717, 1.165) is 36.3 Å². The maximum absolute atomic E-state index is 10.7. The lowest BCUT2D eigenvalue weighted by Crippen LogP contribution is -2.52. The highest BCUT2D eigenvalue weighted by molar-refractivity contribution is 14.0. The van der Waals surface area contributed by atoms with Gasteiger partial charge < -0.3 is 25.3 Å². The van der Waals surface area contributed by atoms with Gasteiger partial charge in [-0.1, -0.05) is 0 Å². The number of nitrogens with one attached hydrogen (secondary N) is 2. The molecule has 0 amide bonds. The van der Waals surface area contributed by atoms with Crippen molar-refractivity contribution in [1.29, 1.82) is 0 Å². The maximum atomic E-state index is 10.7. The molecule has 1 saturated carbocycles. The first kappa shape index (κ1) is 20.2. The molecule has 6 nitrogen and oxygen atoms in total. The van der Waals surface area contributed by atoms with E-state index in [1.54, 1.807) is 14.0 Å². The smallest absolute Gasteiger partial charge is 0.191 e. The standard InChI is InChI=1S/C16H27N3O3.HI/c1-11-8-13(12(2)22-11)15(3,20)9-18-14(17-4)19-10-16(21)6-5-7-16;/h8,20-21H,5-7,9-10H2,1-4H3,(H2,17,18,19);1H. The predicted octanol–water partition coefficient (Wildman–Crippen LogP) is 1.80. The van der Waals surface area contributed by atoms with E-state index in [-0.39, 0.29) is 24.0 Å². The zero-order valence-electron chi connectivity index (χ0n) is 14.3. The van der Waals surface area contributed by atoms with Gasteiger partial charge in [0.25, 0.3) is 0 Å². The number of halogens is 1. The predicted molar refractivity (Wildman–Crippen MR) is 101 cm³/mol. The Morgan fingerprint density at radius 1 is 1.39 bits per heavy atom. The molecule has 132 valence electrons. The normalized spacial score (nSPS) is 19.3. The summed E-state index contributed by atoms with van der Waals surface area (Å²) in [5.41, 5.74) is -0.906. The number of hydrogen-bond donors (Lipinski definition) is 4. The van der Waals surface area contributed by atoms with Gasteiger partial charge in [0, 0.05) is 19.2 Å². The fourth-order valence-electron chi connectivity index (χ4n) is 2.75. The van der Waals surface area contributed by atoms with E-state index in [2.05, 4.69) is 15.6 Å². The topological polar surface area (TPSA) is 90.0 Å². The Bertz CT molecular complexity index is 551. The van der Waals surface area contributed by atoms with E-state index in [1.807, 2.05) is 19.9 Å². The molecular formula is C16H28IN3O3. The van der Waals surface area contributed by atoms with Gasteiger partial charge in [0.05, 0.1) is 12.1 Å². The van der Waals surface area contributed by atoms with Crippen LogP contribution < -0.4 is 10.6 Å². The quantitative estimate of drug-likeness (QED) is 0.321. The fraction of sp³-hybridized carbons (Fsp3) is 0.688. The number of aryl methyl sites for hydroxylation is 2. The monoisotopic (exact) mass is 437 g/mol. The van der Waals surface area contributed by atoms with Crippen molar-refractivity contribution in [2.24, 2.45) is 4.99 Å². The lowest BCUT2D eigenvalue weighted by atomic mass is 9.80. The van der Waals surface area contributed by atoms with E-state index in [1.165, 1.54) is 0 Å². The molecule has 1 aromatic rings. The molecule has 0 saturated heterocycles. The first-order chi connectivity index (χ1) is 10.3. The van der Waals surface area contributed by atoms with Crippen molar-refractivity contribution < 1.29 is 14.6 Å². The summed E-state index contributed by atoms with van der Waals surface area (Å²) in [7, 11) is 1.67. The van der Waals surface area contributed by atoms with Crippen molar-refractivity contribution in [2.45, 2.75) is 51.2 Å². The molecule has 0 spiro atoms. The Labute approximate surface area is 154 Å². The molecule has 1 unspecified atom stereocenters. The Hall–Kier alpha value is -0.800. The van der Waals surface area contributed by atoms with Crippen LogP contribution in [0.25, 0.3) is 0 Å². The van der Waals surface area contributed by atoms with Crippen LogP contribution in [0.5, 0.6) is 0 Å². The lowest BCUT2D eigenvalue weighted by molar-refractivity contribution is -0.0279. The van der Waals surface area contributed by atoms with Crippen LogP contribution in [0.15, 0.2) is 15.5 Å². The van der Waals surface area contributed by atoms with E-state index in [9.17, 15) is 10.2 Å². The Kier molecular flexibility index (Phi) is 6.91.